The summed E-state index contributed by atoms with van der Waals surface area (Å²) in [5.74, 6) is -0.156. The van der Waals surface area contributed by atoms with Crippen LogP contribution in [0.3, 0.4) is 0 Å². The summed E-state index contributed by atoms with van der Waals surface area (Å²) >= 11 is 13.8. The van der Waals surface area contributed by atoms with Gasteiger partial charge in [0.05, 0.1) is 5.75 Å². The fourth-order valence-electron chi connectivity index (χ4n) is 2.77. The Hall–Kier alpha value is -1.76. The molecule has 2 aromatic rings. The van der Waals surface area contributed by atoms with E-state index in [-0.39, 0.29) is 36.0 Å². The number of thioether (sulfide) groups is 1. The Labute approximate surface area is 191 Å². The molecule has 0 heterocycles. The van der Waals surface area contributed by atoms with Crippen molar-refractivity contribution in [1.29, 1.82) is 0 Å². The van der Waals surface area contributed by atoms with Gasteiger partial charge in [0.25, 0.3) is 0 Å². The van der Waals surface area contributed by atoms with E-state index >= 15 is 0 Å². The fourth-order valence-corrected chi connectivity index (χ4v) is 4.41. The molecule has 0 radical (unpaired) electrons. The van der Waals surface area contributed by atoms with Crippen LogP contribution in [0.1, 0.15) is 31.9 Å². The smallest absolute Gasteiger partial charge is 0.242 e. The van der Waals surface area contributed by atoms with E-state index in [0.29, 0.717) is 15.8 Å². The summed E-state index contributed by atoms with van der Waals surface area (Å²) in [7, 11) is 0. The highest BCUT2D eigenvalue weighted by molar-refractivity contribution is 7.99. The Balaban J connectivity index is 2.10. The number of hydrogen-bond donors (Lipinski definition) is 1. The lowest BCUT2D eigenvalue weighted by molar-refractivity contribution is -0.138. The largest absolute Gasteiger partial charge is 0.352 e. The molecule has 8 heteroatoms. The number of carbonyl (C=O) groups is 2. The molecule has 0 spiro atoms. The van der Waals surface area contributed by atoms with Crippen molar-refractivity contribution in [3.8, 4) is 0 Å². The van der Waals surface area contributed by atoms with Gasteiger partial charge in [-0.05, 0) is 56.2 Å². The molecule has 0 aliphatic rings. The highest BCUT2D eigenvalue weighted by Crippen LogP contribution is 2.28. The molecule has 1 atom stereocenters. The molecule has 0 bridgehead atoms. The molecule has 2 aromatic carbocycles. The Morgan fingerprint density at radius 1 is 1.07 bits per heavy atom. The number of amides is 2. The van der Waals surface area contributed by atoms with Crippen molar-refractivity contribution in [1.82, 2.24) is 10.2 Å². The maximum atomic E-state index is 13.2. The first kappa shape index (κ1) is 24.5. The van der Waals surface area contributed by atoms with Gasteiger partial charge >= 0.3 is 0 Å². The number of benzene rings is 2. The highest BCUT2D eigenvalue weighted by Gasteiger charge is 2.26. The molecule has 0 unspecified atom stereocenters. The van der Waals surface area contributed by atoms with Crippen molar-refractivity contribution in [2.75, 3.05) is 5.75 Å². The number of carbonyl (C=O) groups excluding carboxylic acids is 2. The van der Waals surface area contributed by atoms with E-state index in [4.69, 9.17) is 23.2 Å². The summed E-state index contributed by atoms with van der Waals surface area (Å²) in [5.41, 5.74) is 1.52. The van der Waals surface area contributed by atoms with Crippen LogP contribution in [0.15, 0.2) is 42.5 Å². The molecule has 0 aliphatic heterocycles. The summed E-state index contributed by atoms with van der Waals surface area (Å²) in [5, 5.41) is 3.94. The Morgan fingerprint density at radius 3 is 2.23 bits per heavy atom. The molecular weight excluding hydrogens is 446 g/mol. The van der Waals surface area contributed by atoms with Crippen molar-refractivity contribution < 1.29 is 14.0 Å². The van der Waals surface area contributed by atoms with Crippen molar-refractivity contribution in [3.05, 3.63) is 69.5 Å². The highest BCUT2D eigenvalue weighted by atomic mass is 35.5. The van der Waals surface area contributed by atoms with Crippen molar-refractivity contribution in [3.63, 3.8) is 0 Å². The number of hydrogen-bond acceptors (Lipinski definition) is 3. The van der Waals surface area contributed by atoms with Gasteiger partial charge in [-0.3, -0.25) is 9.59 Å². The average molecular weight is 471 g/mol. The predicted octanol–water partition coefficient (Wildman–Crippen LogP) is 5.31. The molecule has 0 saturated carbocycles. The van der Waals surface area contributed by atoms with E-state index in [1.807, 2.05) is 13.8 Å². The van der Waals surface area contributed by atoms with Crippen LogP contribution >= 0.6 is 35.0 Å². The van der Waals surface area contributed by atoms with Gasteiger partial charge in [0, 0.05) is 28.4 Å². The summed E-state index contributed by atoms with van der Waals surface area (Å²) in [6.07, 6.45) is 0. The molecule has 0 saturated heterocycles. The average Bonchev–Trinajstić information content (AvgIpc) is 2.68. The molecule has 4 nitrogen and oxygen atoms in total. The number of rotatable bonds is 9. The molecule has 30 heavy (non-hydrogen) atoms. The Kier molecular flexibility index (Phi) is 9.46. The molecule has 1 N–H and O–H groups in total. The minimum Gasteiger partial charge on any atom is -0.352 e. The minimum absolute atomic E-state index is 0.0422. The summed E-state index contributed by atoms with van der Waals surface area (Å²) in [6.45, 7) is 5.62. The Bertz CT molecular complexity index is 858. The first-order valence-electron chi connectivity index (χ1n) is 9.54. The van der Waals surface area contributed by atoms with Crippen LogP contribution in [-0.4, -0.2) is 34.6 Å². The minimum atomic E-state index is -0.672. The third-order valence-electron chi connectivity index (χ3n) is 4.40. The van der Waals surface area contributed by atoms with Crippen LogP contribution < -0.4 is 5.32 Å². The Morgan fingerprint density at radius 2 is 1.67 bits per heavy atom. The van der Waals surface area contributed by atoms with Crippen molar-refractivity contribution >= 4 is 46.8 Å². The van der Waals surface area contributed by atoms with Gasteiger partial charge in [-0.15, -0.1) is 11.8 Å². The topological polar surface area (TPSA) is 49.4 Å². The van der Waals surface area contributed by atoms with Crippen molar-refractivity contribution in [2.45, 2.75) is 45.2 Å². The quantitative estimate of drug-likeness (QED) is 0.540. The first-order chi connectivity index (χ1) is 14.2. The van der Waals surface area contributed by atoms with E-state index in [1.165, 1.54) is 28.8 Å². The van der Waals surface area contributed by atoms with E-state index < -0.39 is 6.04 Å². The molecule has 162 valence electrons. The monoisotopic (exact) mass is 470 g/mol. The first-order valence-corrected chi connectivity index (χ1v) is 11.4. The second kappa shape index (κ2) is 11.6. The predicted molar refractivity (Wildman–Crippen MR) is 122 cm³/mol. The maximum absolute atomic E-state index is 13.2. The van der Waals surface area contributed by atoms with Crippen LogP contribution in [0, 0.1) is 5.82 Å². The van der Waals surface area contributed by atoms with Gasteiger partial charge in [-0.2, -0.15) is 0 Å². The molecule has 0 fully saturated rings. The second-order valence-electron chi connectivity index (χ2n) is 7.18. The van der Waals surface area contributed by atoms with Crippen LogP contribution in [0.4, 0.5) is 4.39 Å². The van der Waals surface area contributed by atoms with Gasteiger partial charge in [0.1, 0.15) is 11.9 Å². The molecular formula is C22H25Cl2FN2O2S. The van der Waals surface area contributed by atoms with Gasteiger partial charge in [0.2, 0.25) is 11.8 Å². The second-order valence-corrected chi connectivity index (χ2v) is 8.98. The zero-order chi connectivity index (χ0) is 22.3. The molecule has 2 amide bonds. The van der Waals surface area contributed by atoms with Gasteiger partial charge in [0.15, 0.2) is 0 Å². The fraction of sp³-hybridized carbons (Fsp3) is 0.364. The summed E-state index contributed by atoms with van der Waals surface area (Å²) in [6, 6.07) is 10.5. The molecule has 0 aliphatic carbocycles. The summed E-state index contributed by atoms with van der Waals surface area (Å²) in [4.78, 5) is 27.0. The van der Waals surface area contributed by atoms with E-state index in [1.54, 1.807) is 37.3 Å². The zero-order valence-electron chi connectivity index (χ0n) is 17.1. The van der Waals surface area contributed by atoms with E-state index in [2.05, 4.69) is 5.32 Å². The number of halogens is 3. The number of nitrogens with zero attached hydrogens (tertiary/aromatic N) is 1. The number of nitrogens with one attached hydrogen (secondary N) is 1. The lowest BCUT2D eigenvalue weighted by Crippen LogP contribution is -2.49. The summed E-state index contributed by atoms with van der Waals surface area (Å²) < 4.78 is 13.2. The van der Waals surface area contributed by atoms with E-state index in [0.717, 1.165) is 11.1 Å². The maximum Gasteiger partial charge on any atom is 0.242 e. The van der Waals surface area contributed by atoms with Gasteiger partial charge < -0.3 is 10.2 Å². The van der Waals surface area contributed by atoms with Crippen LogP contribution in [0.5, 0.6) is 0 Å². The molecule has 0 aromatic heterocycles. The lowest BCUT2D eigenvalue weighted by atomic mass is 10.1. The standard InChI is InChI=1S/C22H25Cl2FN2O2S/c1-14(2)26-22(29)15(3)27(11-16-7-9-17(25)10-8-16)21(28)13-30-12-18-19(23)5-4-6-20(18)24/h4-10,14-15H,11-13H2,1-3H3,(H,26,29)/t15-/m1/s1. The van der Waals surface area contributed by atoms with Gasteiger partial charge in [-0.1, -0.05) is 41.4 Å². The molecule has 2 rings (SSSR count). The zero-order valence-corrected chi connectivity index (χ0v) is 19.5. The lowest BCUT2D eigenvalue weighted by Gasteiger charge is -2.29. The van der Waals surface area contributed by atoms with E-state index in [9.17, 15) is 14.0 Å². The van der Waals surface area contributed by atoms with Gasteiger partial charge in [-0.25, -0.2) is 4.39 Å². The normalized spacial score (nSPS) is 12.0. The third-order valence-corrected chi connectivity index (χ3v) is 6.05. The van der Waals surface area contributed by atoms with Crippen molar-refractivity contribution in [2.24, 2.45) is 0 Å². The SMILES string of the molecule is CC(C)NC(=O)[C@@H](C)N(Cc1ccc(F)cc1)C(=O)CSCc1c(Cl)cccc1Cl. The van der Waals surface area contributed by atoms with Crippen LogP contribution in [0.25, 0.3) is 0 Å². The third kappa shape index (κ3) is 7.18. The van der Waals surface area contributed by atoms with Crippen LogP contribution in [-0.2, 0) is 21.9 Å². The van der Waals surface area contributed by atoms with Crippen LogP contribution in [0.2, 0.25) is 10.0 Å².